The highest BCUT2D eigenvalue weighted by molar-refractivity contribution is 6.21. The quantitative estimate of drug-likeness (QED) is 0.598. The zero-order valence-electron chi connectivity index (χ0n) is 18.5. The van der Waals surface area contributed by atoms with Crippen LogP contribution >= 0.6 is 0 Å². The van der Waals surface area contributed by atoms with E-state index in [0.29, 0.717) is 11.3 Å². The highest BCUT2D eigenvalue weighted by Gasteiger charge is 2.37. The van der Waals surface area contributed by atoms with Crippen molar-refractivity contribution in [3.05, 3.63) is 77.1 Å². The van der Waals surface area contributed by atoms with Gasteiger partial charge in [0.25, 0.3) is 11.8 Å². The smallest absolute Gasteiger partial charge is 0.257 e. The van der Waals surface area contributed by atoms with Gasteiger partial charge in [-0.05, 0) is 49.1 Å². The number of carbonyl (C=O) groups excluding carboxylic acids is 2. The first-order valence-electron chi connectivity index (χ1n) is 11.1. The Morgan fingerprint density at radius 2 is 1.85 bits per heavy atom. The van der Waals surface area contributed by atoms with Gasteiger partial charge in [-0.2, -0.15) is 0 Å². The van der Waals surface area contributed by atoms with Crippen LogP contribution in [0, 0.1) is 11.6 Å². The van der Waals surface area contributed by atoms with Gasteiger partial charge in [0.2, 0.25) is 0 Å². The van der Waals surface area contributed by atoms with Crippen LogP contribution in [0.5, 0.6) is 0 Å². The van der Waals surface area contributed by atoms with Crippen LogP contribution in [-0.2, 0) is 10.2 Å². The first-order chi connectivity index (χ1) is 15.7. The number of aromatic amines is 1. The Labute approximate surface area is 190 Å². The van der Waals surface area contributed by atoms with Crippen molar-refractivity contribution in [1.82, 2.24) is 15.2 Å². The summed E-state index contributed by atoms with van der Waals surface area (Å²) in [6.45, 7) is 4.29. The Morgan fingerprint density at radius 1 is 1.09 bits per heavy atom. The molecule has 2 aliphatic rings. The molecule has 0 bridgehead atoms. The number of fused-ring (bicyclic) bond motifs is 3. The average Bonchev–Trinajstić information content (AvgIpc) is 3.10. The molecule has 1 aromatic heterocycles. The van der Waals surface area contributed by atoms with Crippen molar-refractivity contribution >= 4 is 28.3 Å². The molecule has 0 radical (unpaired) electrons. The van der Waals surface area contributed by atoms with Crippen LogP contribution in [0.25, 0.3) is 16.5 Å². The van der Waals surface area contributed by atoms with Crippen molar-refractivity contribution < 1.29 is 18.4 Å². The first-order valence-corrected chi connectivity index (χ1v) is 11.1. The van der Waals surface area contributed by atoms with E-state index in [-0.39, 0.29) is 24.1 Å². The molecule has 2 N–H and O–H groups in total. The second kappa shape index (κ2) is 7.83. The molecule has 7 heteroatoms. The van der Waals surface area contributed by atoms with Crippen molar-refractivity contribution in [3.63, 3.8) is 0 Å². The van der Waals surface area contributed by atoms with Gasteiger partial charge in [0.15, 0.2) is 11.6 Å². The van der Waals surface area contributed by atoms with Crippen molar-refractivity contribution in [2.24, 2.45) is 0 Å². The second-order valence-electron chi connectivity index (χ2n) is 9.51. The van der Waals surface area contributed by atoms with E-state index in [2.05, 4.69) is 10.3 Å². The van der Waals surface area contributed by atoms with Gasteiger partial charge in [-0.3, -0.25) is 9.59 Å². The Balaban J connectivity index is 1.64. The number of nitrogens with one attached hydrogen (secondary N) is 2. The molecule has 33 heavy (non-hydrogen) atoms. The third-order valence-electron chi connectivity index (χ3n) is 6.62. The fourth-order valence-corrected chi connectivity index (χ4v) is 4.73. The molecule has 1 aliphatic heterocycles. The van der Waals surface area contributed by atoms with E-state index < -0.39 is 23.0 Å². The molecule has 3 aromatic rings. The third-order valence-corrected chi connectivity index (χ3v) is 6.62. The standard InChI is InChI=1S/C26H25F2N3O2/c1-26(2)14-31(25(33)15-10-11-19(27)20(28)12-15)13-18(24(32)29-16-6-5-7-16)23-22(26)17-8-3-4-9-21(17)30-23/h3-4,8-13,16,30H,5-7,14H2,1-2H3,(H,29,32). The fourth-order valence-electron chi connectivity index (χ4n) is 4.73. The van der Waals surface area contributed by atoms with Gasteiger partial charge in [0, 0.05) is 40.7 Å². The number of aromatic nitrogens is 1. The molecule has 0 atom stereocenters. The molecule has 5 nitrogen and oxygen atoms in total. The molecule has 0 unspecified atom stereocenters. The molecule has 0 saturated heterocycles. The van der Waals surface area contributed by atoms with Gasteiger partial charge >= 0.3 is 0 Å². The minimum absolute atomic E-state index is 0.0233. The van der Waals surface area contributed by atoms with Crippen LogP contribution in [0.1, 0.15) is 54.7 Å². The number of para-hydroxylation sites is 1. The zero-order valence-corrected chi connectivity index (χ0v) is 18.5. The summed E-state index contributed by atoms with van der Waals surface area (Å²) >= 11 is 0. The Hall–Kier alpha value is -3.48. The predicted octanol–water partition coefficient (Wildman–Crippen LogP) is 4.89. The van der Waals surface area contributed by atoms with E-state index in [0.717, 1.165) is 47.9 Å². The molecule has 2 heterocycles. The normalized spacial score (nSPS) is 17.7. The number of carbonyl (C=O) groups is 2. The minimum Gasteiger partial charge on any atom is -0.354 e. The third kappa shape index (κ3) is 3.71. The van der Waals surface area contributed by atoms with Gasteiger partial charge < -0.3 is 15.2 Å². The summed E-state index contributed by atoms with van der Waals surface area (Å²) in [5.41, 5.74) is 2.40. The number of nitrogens with zero attached hydrogens (tertiary/aromatic N) is 1. The summed E-state index contributed by atoms with van der Waals surface area (Å²) in [6.07, 6.45) is 4.49. The number of H-pyrrole nitrogens is 1. The second-order valence-corrected chi connectivity index (χ2v) is 9.51. The molecule has 1 saturated carbocycles. The average molecular weight is 450 g/mol. The summed E-state index contributed by atoms with van der Waals surface area (Å²) in [6, 6.07) is 11.1. The molecular formula is C26H25F2N3O2. The Morgan fingerprint density at radius 3 is 2.55 bits per heavy atom. The molecule has 170 valence electrons. The lowest BCUT2D eigenvalue weighted by Crippen LogP contribution is -2.40. The van der Waals surface area contributed by atoms with Gasteiger partial charge in [-0.1, -0.05) is 32.0 Å². The van der Waals surface area contributed by atoms with Gasteiger partial charge in [0.1, 0.15) is 0 Å². The van der Waals surface area contributed by atoms with E-state index in [4.69, 9.17) is 0 Å². The zero-order chi connectivity index (χ0) is 23.3. The number of amides is 2. The van der Waals surface area contributed by atoms with Crippen LogP contribution in [0.3, 0.4) is 0 Å². The molecule has 2 amide bonds. The van der Waals surface area contributed by atoms with Gasteiger partial charge in [-0.25, -0.2) is 8.78 Å². The van der Waals surface area contributed by atoms with E-state index in [1.165, 1.54) is 11.0 Å². The summed E-state index contributed by atoms with van der Waals surface area (Å²) in [5, 5.41) is 4.06. The van der Waals surface area contributed by atoms with Gasteiger partial charge in [0.05, 0.1) is 11.3 Å². The van der Waals surface area contributed by atoms with Crippen LogP contribution in [0.4, 0.5) is 8.78 Å². The van der Waals surface area contributed by atoms with Gasteiger partial charge in [-0.15, -0.1) is 0 Å². The predicted molar refractivity (Wildman–Crippen MR) is 122 cm³/mol. The van der Waals surface area contributed by atoms with E-state index in [1.54, 1.807) is 6.20 Å². The maximum Gasteiger partial charge on any atom is 0.257 e. The number of benzene rings is 2. The van der Waals surface area contributed by atoms with E-state index in [9.17, 15) is 18.4 Å². The number of rotatable bonds is 3. The summed E-state index contributed by atoms with van der Waals surface area (Å²) in [4.78, 5) is 31.5. The van der Waals surface area contributed by atoms with Crippen LogP contribution in [-0.4, -0.2) is 34.3 Å². The van der Waals surface area contributed by atoms with Crippen molar-refractivity contribution in [1.29, 1.82) is 0 Å². The van der Waals surface area contributed by atoms with Crippen LogP contribution in [0.2, 0.25) is 0 Å². The monoisotopic (exact) mass is 449 g/mol. The lowest BCUT2D eigenvalue weighted by Gasteiger charge is -2.29. The Kier molecular flexibility index (Phi) is 5.07. The first kappa shape index (κ1) is 21.4. The minimum atomic E-state index is -1.09. The number of hydrogen-bond donors (Lipinski definition) is 2. The van der Waals surface area contributed by atoms with Crippen molar-refractivity contribution in [2.75, 3.05) is 6.54 Å². The lowest BCUT2D eigenvalue weighted by molar-refractivity contribution is -0.116. The highest BCUT2D eigenvalue weighted by Crippen LogP contribution is 2.40. The molecule has 1 aliphatic carbocycles. The summed E-state index contributed by atoms with van der Waals surface area (Å²) < 4.78 is 27.3. The largest absolute Gasteiger partial charge is 0.354 e. The lowest BCUT2D eigenvalue weighted by atomic mass is 9.81. The van der Waals surface area contributed by atoms with Crippen LogP contribution < -0.4 is 5.32 Å². The SMILES string of the molecule is CC1(C)CN(C(=O)c2ccc(F)c(F)c2)C=C(C(=O)NC2CCC2)c2[nH]c3ccccc3c21. The topological polar surface area (TPSA) is 65.2 Å². The molecule has 5 rings (SSSR count). The highest BCUT2D eigenvalue weighted by atomic mass is 19.2. The number of hydrogen-bond acceptors (Lipinski definition) is 2. The maximum atomic E-state index is 13.8. The molecular weight excluding hydrogens is 424 g/mol. The summed E-state index contributed by atoms with van der Waals surface area (Å²) in [7, 11) is 0. The number of halogens is 2. The van der Waals surface area contributed by atoms with Crippen LogP contribution in [0.15, 0.2) is 48.7 Å². The Bertz CT molecular complexity index is 1300. The molecule has 1 fully saturated rings. The molecule has 0 spiro atoms. The van der Waals surface area contributed by atoms with Crippen molar-refractivity contribution in [3.8, 4) is 0 Å². The summed E-state index contributed by atoms with van der Waals surface area (Å²) in [5.74, 6) is -2.85. The maximum absolute atomic E-state index is 13.8. The molecule has 2 aromatic carbocycles. The van der Waals surface area contributed by atoms with Crippen molar-refractivity contribution in [2.45, 2.75) is 44.6 Å². The van der Waals surface area contributed by atoms with E-state index >= 15 is 0 Å². The fraction of sp³-hybridized carbons (Fsp3) is 0.308. The van der Waals surface area contributed by atoms with E-state index in [1.807, 2.05) is 38.1 Å².